The average Bonchev–Trinajstić information content (AvgIpc) is 3.20. The van der Waals surface area contributed by atoms with Gasteiger partial charge in [0.1, 0.15) is 0 Å². The summed E-state index contributed by atoms with van der Waals surface area (Å²) in [5, 5.41) is 4.09. The summed E-state index contributed by atoms with van der Waals surface area (Å²) < 4.78 is 0. The third-order valence-electron chi connectivity index (χ3n) is 3.46. The molecule has 1 aliphatic rings. The molecule has 0 radical (unpaired) electrons. The summed E-state index contributed by atoms with van der Waals surface area (Å²) in [5.74, 6) is 0.692. The minimum Gasteiger partial charge on any atom is -0.353 e. The smallest absolute Gasteiger partial charge is 0.222 e. The number of hydrogen-bond acceptors (Lipinski definition) is 3. The first-order chi connectivity index (χ1) is 8.78. The normalized spacial score (nSPS) is 16.3. The number of nitrogens with one attached hydrogen (secondary N) is 1. The van der Waals surface area contributed by atoms with E-state index in [1.165, 1.54) is 18.4 Å². The lowest BCUT2D eigenvalue weighted by molar-refractivity contribution is 0.727. The van der Waals surface area contributed by atoms with Gasteiger partial charge in [0.2, 0.25) is 5.95 Å². The Morgan fingerprint density at radius 3 is 2.39 bits per heavy atom. The summed E-state index contributed by atoms with van der Waals surface area (Å²) in [7, 11) is 0. The van der Waals surface area contributed by atoms with Crippen molar-refractivity contribution in [2.45, 2.75) is 18.3 Å². The molecule has 0 amide bonds. The highest BCUT2D eigenvalue weighted by molar-refractivity contribution is 6.30. The van der Waals surface area contributed by atoms with Crippen molar-refractivity contribution < 1.29 is 0 Å². The van der Waals surface area contributed by atoms with Crippen LogP contribution in [0.3, 0.4) is 0 Å². The topological polar surface area (TPSA) is 37.8 Å². The predicted octanol–water partition coefficient (Wildman–Crippen LogP) is 3.27. The van der Waals surface area contributed by atoms with Crippen LogP contribution in [0, 0.1) is 0 Å². The van der Waals surface area contributed by atoms with E-state index in [-0.39, 0.29) is 5.41 Å². The molecule has 1 saturated carbocycles. The molecule has 0 saturated heterocycles. The molecule has 0 bridgehead atoms. The first-order valence-electron chi connectivity index (χ1n) is 6.05. The van der Waals surface area contributed by atoms with Gasteiger partial charge in [-0.25, -0.2) is 9.97 Å². The van der Waals surface area contributed by atoms with Gasteiger partial charge in [-0.2, -0.15) is 0 Å². The van der Waals surface area contributed by atoms with Gasteiger partial charge in [-0.1, -0.05) is 23.7 Å². The average molecular weight is 260 g/mol. The number of benzene rings is 1. The molecule has 18 heavy (non-hydrogen) atoms. The van der Waals surface area contributed by atoms with Crippen molar-refractivity contribution in [3.8, 4) is 0 Å². The molecule has 1 aliphatic carbocycles. The van der Waals surface area contributed by atoms with Gasteiger partial charge < -0.3 is 5.32 Å². The summed E-state index contributed by atoms with van der Waals surface area (Å²) >= 11 is 5.92. The Morgan fingerprint density at radius 1 is 1.11 bits per heavy atom. The van der Waals surface area contributed by atoms with E-state index in [0.29, 0.717) is 5.95 Å². The zero-order valence-electron chi connectivity index (χ0n) is 9.94. The molecular formula is C14H14ClN3. The Kier molecular flexibility index (Phi) is 2.92. The molecule has 3 rings (SSSR count). The summed E-state index contributed by atoms with van der Waals surface area (Å²) in [6.07, 6.45) is 5.90. The first kappa shape index (κ1) is 11.5. The molecule has 0 spiro atoms. The van der Waals surface area contributed by atoms with E-state index < -0.39 is 0 Å². The van der Waals surface area contributed by atoms with Crippen LogP contribution in [0.4, 0.5) is 5.95 Å². The Labute approximate surface area is 111 Å². The van der Waals surface area contributed by atoms with Crippen molar-refractivity contribution in [2.24, 2.45) is 0 Å². The molecule has 0 aliphatic heterocycles. The van der Waals surface area contributed by atoms with Crippen LogP contribution in [0.25, 0.3) is 0 Å². The molecule has 1 heterocycles. The van der Waals surface area contributed by atoms with E-state index >= 15 is 0 Å². The van der Waals surface area contributed by atoms with E-state index in [9.17, 15) is 0 Å². The quantitative estimate of drug-likeness (QED) is 0.916. The molecule has 0 atom stereocenters. The Bertz CT molecular complexity index is 520. The fourth-order valence-electron chi connectivity index (χ4n) is 2.16. The molecule has 4 heteroatoms. The standard InChI is InChI=1S/C14H14ClN3/c15-12-4-2-11(3-5-12)14(6-7-14)10-18-13-16-8-1-9-17-13/h1-5,8-9H,6-7,10H2,(H,16,17,18). The highest BCUT2D eigenvalue weighted by atomic mass is 35.5. The number of anilines is 1. The van der Waals surface area contributed by atoms with Crippen molar-refractivity contribution in [2.75, 3.05) is 11.9 Å². The molecule has 3 nitrogen and oxygen atoms in total. The Morgan fingerprint density at radius 2 is 1.78 bits per heavy atom. The van der Waals surface area contributed by atoms with Crippen LogP contribution in [0.1, 0.15) is 18.4 Å². The van der Waals surface area contributed by atoms with E-state index in [1.54, 1.807) is 12.4 Å². The van der Waals surface area contributed by atoms with Gasteiger partial charge >= 0.3 is 0 Å². The van der Waals surface area contributed by atoms with Crippen LogP contribution >= 0.6 is 11.6 Å². The maximum atomic E-state index is 5.92. The summed E-state index contributed by atoms with van der Waals surface area (Å²) in [6, 6.07) is 9.95. The summed E-state index contributed by atoms with van der Waals surface area (Å²) in [4.78, 5) is 8.35. The Hall–Kier alpha value is -1.61. The maximum Gasteiger partial charge on any atom is 0.222 e. The fraction of sp³-hybridized carbons (Fsp3) is 0.286. The van der Waals surface area contributed by atoms with Gasteiger partial charge in [0.05, 0.1) is 0 Å². The molecule has 2 aromatic rings. The lowest BCUT2D eigenvalue weighted by atomic mass is 9.96. The molecule has 1 aromatic carbocycles. The van der Waals surface area contributed by atoms with Crippen LogP contribution in [0.5, 0.6) is 0 Å². The minimum atomic E-state index is 0.240. The highest BCUT2D eigenvalue weighted by Gasteiger charge is 2.44. The van der Waals surface area contributed by atoms with E-state index in [2.05, 4.69) is 27.4 Å². The molecule has 1 N–H and O–H groups in total. The second-order valence-corrected chi connectivity index (χ2v) is 5.15. The second-order valence-electron chi connectivity index (χ2n) is 4.71. The number of aromatic nitrogens is 2. The Balaban J connectivity index is 1.70. The zero-order valence-corrected chi connectivity index (χ0v) is 10.7. The molecule has 92 valence electrons. The van der Waals surface area contributed by atoms with E-state index in [1.807, 2.05) is 18.2 Å². The van der Waals surface area contributed by atoms with Gasteiger partial charge in [-0.05, 0) is 36.6 Å². The van der Waals surface area contributed by atoms with Crippen LogP contribution < -0.4 is 5.32 Å². The lowest BCUT2D eigenvalue weighted by Gasteiger charge is -2.16. The van der Waals surface area contributed by atoms with E-state index in [0.717, 1.165) is 11.6 Å². The maximum absolute atomic E-state index is 5.92. The first-order valence-corrected chi connectivity index (χ1v) is 6.43. The number of hydrogen-bond donors (Lipinski definition) is 1. The van der Waals surface area contributed by atoms with Crippen LogP contribution in [-0.2, 0) is 5.41 Å². The molecule has 1 fully saturated rings. The zero-order chi connectivity index (χ0) is 12.4. The third kappa shape index (κ3) is 2.31. The fourth-order valence-corrected chi connectivity index (χ4v) is 2.29. The van der Waals surface area contributed by atoms with Gasteiger partial charge in [-0.15, -0.1) is 0 Å². The largest absolute Gasteiger partial charge is 0.353 e. The van der Waals surface area contributed by atoms with Gasteiger partial charge in [0.15, 0.2) is 0 Å². The van der Waals surface area contributed by atoms with Crippen LogP contribution in [0.15, 0.2) is 42.7 Å². The third-order valence-corrected chi connectivity index (χ3v) is 3.71. The van der Waals surface area contributed by atoms with Gasteiger partial charge in [0, 0.05) is 29.4 Å². The molecule has 0 unspecified atom stereocenters. The number of halogens is 1. The monoisotopic (exact) mass is 259 g/mol. The van der Waals surface area contributed by atoms with Crippen LogP contribution in [0.2, 0.25) is 5.02 Å². The van der Waals surface area contributed by atoms with Gasteiger partial charge in [0.25, 0.3) is 0 Å². The number of rotatable bonds is 4. The molecular weight excluding hydrogens is 246 g/mol. The summed E-state index contributed by atoms with van der Waals surface area (Å²) in [5.41, 5.74) is 1.58. The van der Waals surface area contributed by atoms with Crippen molar-refractivity contribution in [3.05, 3.63) is 53.3 Å². The minimum absolute atomic E-state index is 0.240. The number of nitrogens with zero attached hydrogens (tertiary/aromatic N) is 2. The van der Waals surface area contributed by atoms with Crippen molar-refractivity contribution in [1.82, 2.24) is 9.97 Å². The van der Waals surface area contributed by atoms with Crippen LogP contribution in [-0.4, -0.2) is 16.5 Å². The highest BCUT2D eigenvalue weighted by Crippen LogP contribution is 2.48. The van der Waals surface area contributed by atoms with Gasteiger partial charge in [-0.3, -0.25) is 0 Å². The molecule has 1 aromatic heterocycles. The SMILES string of the molecule is Clc1ccc(C2(CNc3ncccn3)CC2)cc1. The lowest BCUT2D eigenvalue weighted by Crippen LogP contribution is -2.20. The van der Waals surface area contributed by atoms with Crippen molar-refractivity contribution in [3.63, 3.8) is 0 Å². The van der Waals surface area contributed by atoms with Crippen molar-refractivity contribution >= 4 is 17.5 Å². The second kappa shape index (κ2) is 4.58. The summed E-state index contributed by atoms with van der Waals surface area (Å²) in [6.45, 7) is 0.874. The van der Waals surface area contributed by atoms with E-state index in [4.69, 9.17) is 11.6 Å². The van der Waals surface area contributed by atoms with Crippen molar-refractivity contribution in [1.29, 1.82) is 0 Å². The predicted molar refractivity (Wildman–Crippen MR) is 72.9 cm³/mol.